The summed E-state index contributed by atoms with van der Waals surface area (Å²) < 4.78 is 50.3. The molecule has 1 heterocycles. The van der Waals surface area contributed by atoms with Gasteiger partial charge in [0, 0.05) is 28.4 Å². The highest BCUT2D eigenvalue weighted by Gasteiger charge is 2.34. The van der Waals surface area contributed by atoms with Crippen molar-refractivity contribution in [1.82, 2.24) is 10.3 Å². The molecule has 0 aliphatic carbocycles. The Bertz CT molecular complexity index is 912. The lowest BCUT2D eigenvalue weighted by atomic mass is 10.1. The van der Waals surface area contributed by atoms with Crippen molar-refractivity contribution < 1.29 is 22.2 Å². The molecule has 1 aromatic carbocycles. The lowest BCUT2D eigenvalue weighted by molar-refractivity contribution is -0.138. The first-order chi connectivity index (χ1) is 12.1. The van der Waals surface area contributed by atoms with Gasteiger partial charge in [0.05, 0.1) is 16.4 Å². The Morgan fingerprint density at radius 1 is 1.31 bits per heavy atom. The lowest BCUT2D eigenvalue weighted by Crippen LogP contribution is -2.27. The molecule has 0 bridgehead atoms. The summed E-state index contributed by atoms with van der Waals surface area (Å²) in [6.07, 6.45) is -3.97. The van der Waals surface area contributed by atoms with Gasteiger partial charge in [-0.15, -0.1) is 0 Å². The molecule has 140 valence electrons. The van der Waals surface area contributed by atoms with E-state index in [1.165, 1.54) is 6.07 Å². The van der Waals surface area contributed by atoms with E-state index in [4.69, 9.17) is 11.6 Å². The van der Waals surface area contributed by atoms with Gasteiger partial charge in [0.1, 0.15) is 5.56 Å². The first kappa shape index (κ1) is 20.2. The highest BCUT2D eigenvalue weighted by Crippen LogP contribution is 2.26. The summed E-state index contributed by atoms with van der Waals surface area (Å²) in [6.45, 7) is 1.65. The third-order valence-electron chi connectivity index (χ3n) is 3.44. The van der Waals surface area contributed by atoms with Crippen LogP contribution < -0.4 is 10.9 Å². The van der Waals surface area contributed by atoms with Crippen LogP contribution in [0.4, 0.5) is 13.2 Å². The van der Waals surface area contributed by atoms with Gasteiger partial charge in [0.15, 0.2) is 0 Å². The van der Waals surface area contributed by atoms with Gasteiger partial charge in [-0.05, 0) is 29.8 Å². The lowest BCUT2D eigenvalue weighted by Gasteiger charge is -2.11. The molecule has 0 spiro atoms. The number of hydrogen-bond donors (Lipinski definition) is 2. The molecule has 0 fully saturated rings. The number of benzene rings is 1. The summed E-state index contributed by atoms with van der Waals surface area (Å²) in [5.41, 5.74) is -2.64. The monoisotopic (exact) mass is 406 g/mol. The molecule has 26 heavy (non-hydrogen) atoms. The Morgan fingerprint density at radius 3 is 2.62 bits per heavy atom. The van der Waals surface area contributed by atoms with E-state index in [-0.39, 0.29) is 12.1 Å². The Morgan fingerprint density at radius 2 is 2.00 bits per heavy atom. The van der Waals surface area contributed by atoms with Crippen molar-refractivity contribution in [2.24, 2.45) is 0 Å². The molecule has 2 N–H and O–H groups in total. The van der Waals surface area contributed by atoms with Crippen molar-refractivity contribution in [3.05, 3.63) is 62.5 Å². The van der Waals surface area contributed by atoms with E-state index < -0.39 is 34.0 Å². The molecule has 1 atom stereocenters. The summed E-state index contributed by atoms with van der Waals surface area (Å²) in [6, 6.07) is 5.15. The van der Waals surface area contributed by atoms with Crippen molar-refractivity contribution in [3.63, 3.8) is 0 Å². The van der Waals surface area contributed by atoms with Gasteiger partial charge in [-0.2, -0.15) is 13.2 Å². The number of alkyl halides is 3. The van der Waals surface area contributed by atoms with Gasteiger partial charge >= 0.3 is 6.18 Å². The number of nitrogens with one attached hydrogen (secondary N) is 2. The number of carbonyl (C=O) groups is 1. The zero-order chi connectivity index (χ0) is 19.5. The highest BCUT2D eigenvalue weighted by atomic mass is 35.5. The molecular formula is C16H14ClF3N2O3S. The summed E-state index contributed by atoms with van der Waals surface area (Å²) in [5.74, 6) is -0.461. The summed E-state index contributed by atoms with van der Waals surface area (Å²) in [5, 5.41) is 2.81. The van der Waals surface area contributed by atoms with E-state index in [0.29, 0.717) is 27.3 Å². The van der Waals surface area contributed by atoms with Crippen molar-refractivity contribution in [2.45, 2.75) is 24.5 Å². The van der Waals surface area contributed by atoms with Gasteiger partial charge in [-0.3, -0.25) is 13.8 Å². The van der Waals surface area contributed by atoms with Crippen LogP contribution in [-0.4, -0.2) is 20.9 Å². The number of carbonyl (C=O) groups excluding carboxylic acids is 1. The van der Waals surface area contributed by atoms with Crippen molar-refractivity contribution in [1.29, 1.82) is 0 Å². The standard InChI is InChI=1S/C16H14ClF3N2O3S/c1-2-26(25)13-4-3-11(17)5-9(13)7-21-14(23)10-6-12(16(18,19)20)15(24)22-8-10/h3-6,8H,2,7H2,1H3,(H,21,23)(H,22,24). The molecule has 5 nitrogen and oxygen atoms in total. The molecule has 1 unspecified atom stereocenters. The van der Waals surface area contributed by atoms with Crippen LogP contribution in [0.5, 0.6) is 0 Å². The fourth-order valence-corrected chi connectivity index (χ4v) is 3.32. The van der Waals surface area contributed by atoms with Crippen molar-refractivity contribution in [3.8, 4) is 0 Å². The first-order valence-corrected chi connectivity index (χ1v) is 9.08. The number of hydrogen-bond acceptors (Lipinski definition) is 3. The van der Waals surface area contributed by atoms with Crippen LogP contribution in [0.25, 0.3) is 0 Å². The molecule has 1 aromatic heterocycles. The van der Waals surface area contributed by atoms with Gasteiger partial charge < -0.3 is 10.3 Å². The Labute approximate surface area is 154 Å². The van der Waals surface area contributed by atoms with Gasteiger partial charge in [-0.25, -0.2) is 0 Å². The molecule has 0 radical (unpaired) electrons. The van der Waals surface area contributed by atoms with Crippen LogP contribution in [0.1, 0.15) is 28.4 Å². The molecule has 2 aromatic rings. The fraction of sp³-hybridized carbons (Fsp3) is 0.250. The number of halogens is 4. The van der Waals surface area contributed by atoms with Gasteiger partial charge in [-0.1, -0.05) is 18.5 Å². The molecule has 0 saturated carbocycles. The van der Waals surface area contributed by atoms with Gasteiger partial charge in [0.25, 0.3) is 11.5 Å². The topological polar surface area (TPSA) is 79.0 Å². The zero-order valence-electron chi connectivity index (χ0n) is 13.4. The number of rotatable bonds is 5. The SMILES string of the molecule is CCS(=O)c1ccc(Cl)cc1CNC(=O)c1c[nH]c(=O)c(C(F)(F)F)c1. The largest absolute Gasteiger partial charge is 0.421 e. The number of aromatic amines is 1. The average Bonchev–Trinajstić information content (AvgIpc) is 2.58. The summed E-state index contributed by atoms with van der Waals surface area (Å²) >= 11 is 5.91. The maximum atomic E-state index is 12.8. The average molecular weight is 407 g/mol. The van der Waals surface area contributed by atoms with Crippen LogP contribution in [0.15, 0.2) is 40.2 Å². The Kier molecular flexibility index (Phi) is 6.25. The quantitative estimate of drug-likeness (QED) is 0.800. The maximum Gasteiger partial charge on any atom is 0.421 e. The van der Waals surface area contributed by atoms with Crippen LogP contribution >= 0.6 is 11.6 Å². The highest BCUT2D eigenvalue weighted by molar-refractivity contribution is 7.85. The predicted molar refractivity (Wildman–Crippen MR) is 91.6 cm³/mol. The second-order valence-electron chi connectivity index (χ2n) is 5.20. The molecule has 1 amide bonds. The number of H-pyrrole nitrogens is 1. The molecule has 0 aliphatic heterocycles. The van der Waals surface area contributed by atoms with Crippen LogP contribution in [-0.2, 0) is 23.5 Å². The number of amides is 1. The maximum absolute atomic E-state index is 12.8. The normalized spacial score (nSPS) is 12.7. The first-order valence-electron chi connectivity index (χ1n) is 7.38. The summed E-state index contributed by atoms with van der Waals surface area (Å²) in [4.78, 5) is 25.8. The van der Waals surface area contributed by atoms with E-state index in [9.17, 15) is 27.0 Å². The minimum absolute atomic E-state index is 0.0824. The minimum Gasteiger partial charge on any atom is -0.348 e. The summed E-state index contributed by atoms with van der Waals surface area (Å²) in [7, 11) is -1.29. The van der Waals surface area contributed by atoms with E-state index >= 15 is 0 Å². The third kappa shape index (κ3) is 4.73. The van der Waals surface area contributed by atoms with Crippen LogP contribution in [0, 0.1) is 0 Å². The van der Waals surface area contributed by atoms with Crippen molar-refractivity contribution in [2.75, 3.05) is 5.75 Å². The van der Waals surface area contributed by atoms with Crippen molar-refractivity contribution >= 4 is 28.3 Å². The molecule has 10 heteroatoms. The Balaban J connectivity index is 2.24. The second-order valence-corrected chi connectivity index (χ2v) is 7.34. The number of aromatic nitrogens is 1. The van der Waals surface area contributed by atoms with Gasteiger partial charge in [0.2, 0.25) is 0 Å². The fourth-order valence-electron chi connectivity index (χ4n) is 2.17. The van der Waals surface area contributed by atoms with Crippen LogP contribution in [0.3, 0.4) is 0 Å². The van der Waals surface area contributed by atoms with E-state index in [1.807, 2.05) is 4.98 Å². The molecule has 0 saturated heterocycles. The number of pyridine rings is 1. The molecule has 2 rings (SSSR count). The molecular weight excluding hydrogens is 393 g/mol. The van der Waals surface area contributed by atoms with E-state index in [1.54, 1.807) is 19.1 Å². The predicted octanol–water partition coefficient (Wildman–Crippen LogP) is 3.10. The minimum atomic E-state index is -4.87. The zero-order valence-corrected chi connectivity index (χ0v) is 15.0. The van der Waals surface area contributed by atoms with Crippen LogP contribution in [0.2, 0.25) is 5.02 Å². The molecule has 0 aliphatic rings. The van der Waals surface area contributed by atoms with E-state index in [2.05, 4.69) is 5.32 Å². The third-order valence-corrected chi connectivity index (χ3v) is 5.09. The smallest absolute Gasteiger partial charge is 0.348 e. The van der Waals surface area contributed by atoms with E-state index in [0.717, 1.165) is 6.20 Å². The second kappa shape index (κ2) is 8.05. The Hall–Kier alpha value is -2.13.